The molecule has 3 aliphatic rings. The van der Waals surface area contributed by atoms with Crippen molar-refractivity contribution >= 4 is 17.6 Å². The number of nitrogens with zero attached hydrogens (tertiary/aromatic N) is 4. The maximum Gasteiger partial charge on any atom is 0.328 e. The van der Waals surface area contributed by atoms with Gasteiger partial charge in [-0.05, 0) is 44.2 Å². The normalized spacial score (nSPS) is 22.1. The van der Waals surface area contributed by atoms with E-state index in [1.807, 2.05) is 4.90 Å². The fourth-order valence-corrected chi connectivity index (χ4v) is 4.04. The van der Waals surface area contributed by atoms with Gasteiger partial charge in [-0.2, -0.15) is 0 Å². The highest BCUT2D eigenvalue weighted by Crippen LogP contribution is 2.49. The molecule has 0 unspecified atom stereocenters. The zero-order chi connectivity index (χ0) is 17.2. The number of rotatable bonds is 3. The summed E-state index contributed by atoms with van der Waals surface area (Å²) in [6.07, 6.45) is 6.08. The summed E-state index contributed by atoms with van der Waals surface area (Å²) >= 11 is 0. The first kappa shape index (κ1) is 14.6. The Balaban J connectivity index is 1.51. The SMILES string of the molecule is O=C1N(Cc2cc(=O)n3ccccc3n2)C(=O)C2(CCC2)N1C1CC1. The van der Waals surface area contributed by atoms with E-state index in [-0.39, 0.29) is 30.1 Å². The molecule has 3 heterocycles. The smallest absolute Gasteiger partial charge is 0.307 e. The Hall–Kier alpha value is -2.70. The van der Waals surface area contributed by atoms with E-state index in [4.69, 9.17) is 0 Å². The van der Waals surface area contributed by atoms with Crippen LogP contribution in [0, 0.1) is 0 Å². The van der Waals surface area contributed by atoms with Crippen molar-refractivity contribution in [1.29, 1.82) is 0 Å². The number of urea groups is 1. The van der Waals surface area contributed by atoms with Gasteiger partial charge in [0, 0.05) is 18.3 Å². The zero-order valence-electron chi connectivity index (χ0n) is 13.7. The molecule has 7 heteroatoms. The van der Waals surface area contributed by atoms with Gasteiger partial charge in [0.2, 0.25) is 0 Å². The van der Waals surface area contributed by atoms with Gasteiger partial charge in [0.05, 0.1) is 12.2 Å². The van der Waals surface area contributed by atoms with Gasteiger partial charge in [-0.3, -0.25) is 18.9 Å². The molecular weight excluding hydrogens is 320 g/mol. The number of carbonyl (C=O) groups is 2. The Morgan fingerprint density at radius 3 is 2.64 bits per heavy atom. The molecule has 1 spiro atoms. The van der Waals surface area contributed by atoms with E-state index >= 15 is 0 Å². The predicted octanol–water partition coefficient (Wildman–Crippen LogP) is 1.54. The summed E-state index contributed by atoms with van der Waals surface area (Å²) < 4.78 is 1.45. The average molecular weight is 338 g/mol. The molecule has 0 atom stereocenters. The number of pyridine rings is 1. The van der Waals surface area contributed by atoms with Crippen LogP contribution in [0.1, 0.15) is 37.8 Å². The van der Waals surface area contributed by atoms with E-state index in [0.717, 1.165) is 32.1 Å². The zero-order valence-corrected chi connectivity index (χ0v) is 13.7. The van der Waals surface area contributed by atoms with Crippen molar-refractivity contribution < 1.29 is 9.59 Å². The summed E-state index contributed by atoms with van der Waals surface area (Å²) in [5, 5.41) is 0. The lowest BCUT2D eigenvalue weighted by Crippen LogP contribution is -2.55. The first-order valence-corrected chi connectivity index (χ1v) is 8.73. The molecule has 2 aromatic heterocycles. The Labute approximate surface area is 143 Å². The molecule has 128 valence electrons. The van der Waals surface area contributed by atoms with Crippen LogP contribution in [0.15, 0.2) is 35.3 Å². The Bertz CT molecular complexity index is 958. The fraction of sp³-hybridized carbons (Fsp3) is 0.444. The summed E-state index contributed by atoms with van der Waals surface area (Å²) in [6.45, 7) is 0.0588. The van der Waals surface area contributed by atoms with Crippen molar-refractivity contribution in [2.24, 2.45) is 0 Å². The number of amides is 3. The molecule has 2 saturated carbocycles. The van der Waals surface area contributed by atoms with E-state index in [9.17, 15) is 14.4 Å². The molecular formula is C18H18N4O3. The van der Waals surface area contributed by atoms with Crippen molar-refractivity contribution in [1.82, 2.24) is 19.2 Å². The minimum Gasteiger partial charge on any atom is -0.307 e. The molecule has 2 aliphatic carbocycles. The summed E-state index contributed by atoms with van der Waals surface area (Å²) in [7, 11) is 0. The number of carbonyl (C=O) groups excluding carboxylic acids is 2. The van der Waals surface area contributed by atoms with Gasteiger partial charge >= 0.3 is 6.03 Å². The molecule has 5 rings (SSSR count). The van der Waals surface area contributed by atoms with Crippen LogP contribution in [0.3, 0.4) is 0 Å². The molecule has 0 radical (unpaired) electrons. The van der Waals surface area contributed by atoms with Crippen molar-refractivity contribution in [3.63, 3.8) is 0 Å². The molecule has 3 fully saturated rings. The first-order chi connectivity index (χ1) is 12.1. The molecule has 0 bridgehead atoms. The highest BCUT2D eigenvalue weighted by molar-refractivity contribution is 6.07. The molecule has 1 saturated heterocycles. The quantitative estimate of drug-likeness (QED) is 0.796. The van der Waals surface area contributed by atoms with E-state index in [1.54, 1.807) is 24.4 Å². The van der Waals surface area contributed by atoms with Crippen LogP contribution >= 0.6 is 0 Å². The van der Waals surface area contributed by atoms with Crippen LogP contribution in [0.4, 0.5) is 4.79 Å². The van der Waals surface area contributed by atoms with Gasteiger partial charge in [0.15, 0.2) is 0 Å². The van der Waals surface area contributed by atoms with Gasteiger partial charge in [-0.1, -0.05) is 6.07 Å². The minimum absolute atomic E-state index is 0.0588. The van der Waals surface area contributed by atoms with Gasteiger partial charge in [-0.15, -0.1) is 0 Å². The highest BCUT2D eigenvalue weighted by Gasteiger charge is 2.63. The molecule has 3 amide bonds. The van der Waals surface area contributed by atoms with Gasteiger partial charge in [0.1, 0.15) is 11.2 Å². The third kappa shape index (κ3) is 1.98. The van der Waals surface area contributed by atoms with Gasteiger partial charge < -0.3 is 4.90 Å². The van der Waals surface area contributed by atoms with Gasteiger partial charge in [0.25, 0.3) is 11.5 Å². The number of hydrogen-bond donors (Lipinski definition) is 0. The number of hydrogen-bond acceptors (Lipinski definition) is 4. The number of imide groups is 1. The topological polar surface area (TPSA) is 75.0 Å². The molecule has 2 aromatic rings. The maximum atomic E-state index is 13.0. The van der Waals surface area contributed by atoms with E-state index < -0.39 is 5.54 Å². The third-order valence-electron chi connectivity index (χ3n) is 5.58. The maximum absolute atomic E-state index is 13.0. The summed E-state index contributed by atoms with van der Waals surface area (Å²) in [6, 6.07) is 6.69. The summed E-state index contributed by atoms with van der Waals surface area (Å²) in [5.74, 6) is -0.120. The van der Waals surface area contributed by atoms with E-state index in [2.05, 4.69) is 4.98 Å². The van der Waals surface area contributed by atoms with Crippen molar-refractivity contribution in [3.05, 3.63) is 46.5 Å². The standard InChI is InChI=1S/C18H18N4O3/c23-15-10-12(19-14-4-1-2-9-20(14)15)11-21-16(24)18(7-3-8-18)22(17(21)25)13-5-6-13/h1-2,4,9-10,13H,3,5-8,11H2. The minimum atomic E-state index is -0.621. The Morgan fingerprint density at radius 2 is 1.96 bits per heavy atom. The lowest BCUT2D eigenvalue weighted by atomic mass is 9.75. The number of aromatic nitrogens is 2. The van der Waals surface area contributed by atoms with Crippen LogP contribution in [0.5, 0.6) is 0 Å². The van der Waals surface area contributed by atoms with Crippen molar-refractivity contribution in [2.75, 3.05) is 0 Å². The Morgan fingerprint density at radius 1 is 1.16 bits per heavy atom. The predicted molar refractivity (Wildman–Crippen MR) is 88.9 cm³/mol. The van der Waals surface area contributed by atoms with Gasteiger partial charge in [-0.25, -0.2) is 9.78 Å². The van der Waals surface area contributed by atoms with E-state index in [0.29, 0.717) is 11.3 Å². The monoisotopic (exact) mass is 338 g/mol. The van der Waals surface area contributed by atoms with Crippen molar-refractivity contribution in [2.45, 2.75) is 50.2 Å². The van der Waals surface area contributed by atoms with E-state index in [1.165, 1.54) is 15.4 Å². The van der Waals surface area contributed by atoms with Crippen LogP contribution in [0.25, 0.3) is 5.65 Å². The Kier molecular flexibility index (Phi) is 2.87. The van der Waals surface area contributed by atoms with Crippen LogP contribution in [0.2, 0.25) is 0 Å². The number of fused-ring (bicyclic) bond motifs is 1. The average Bonchev–Trinajstić information content (AvgIpc) is 3.36. The van der Waals surface area contributed by atoms with Crippen molar-refractivity contribution in [3.8, 4) is 0 Å². The fourth-order valence-electron chi connectivity index (χ4n) is 4.04. The largest absolute Gasteiger partial charge is 0.328 e. The van der Waals surface area contributed by atoms with Crippen LogP contribution < -0.4 is 5.56 Å². The molecule has 25 heavy (non-hydrogen) atoms. The lowest BCUT2D eigenvalue weighted by molar-refractivity contribution is -0.137. The second-order valence-corrected chi connectivity index (χ2v) is 7.17. The third-order valence-corrected chi connectivity index (χ3v) is 5.58. The molecule has 7 nitrogen and oxygen atoms in total. The molecule has 1 aliphatic heterocycles. The molecule has 0 N–H and O–H groups in total. The second-order valence-electron chi connectivity index (χ2n) is 7.17. The van der Waals surface area contributed by atoms with Crippen LogP contribution in [-0.2, 0) is 11.3 Å². The molecule has 0 aromatic carbocycles. The first-order valence-electron chi connectivity index (χ1n) is 8.73. The summed E-state index contributed by atoms with van der Waals surface area (Å²) in [5.41, 5.74) is 0.132. The second kappa shape index (κ2) is 4.91. The highest BCUT2D eigenvalue weighted by atomic mass is 16.2. The lowest BCUT2D eigenvalue weighted by Gasteiger charge is -2.42. The van der Waals surface area contributed by atoms with Crippen LogP contribution in [-0.4, -0.2) is 42.7 Å². The summed E-state index contributed by atoms with van der Waals surface area (Å²) in [4.78, 5) is 45.6.